The summed E-state index contributed by atoms with van der Waals surface area (Å²) in [5.41, 5.74) is 0.219. The Morgan fingerprint density at radius 3 is 2.50 bits per heavy atom. The molecule has 3 aliphatic rings. The molecule has 3 fully saturated rings. The standard InChI is InChI=1S/C20H26F2N2O2/c21-20(22)14-19(20)9-4-10-24(15-19)17-7-11-23(12-8-17)18(25)26-13-16-5-2-1-3-6-16/h1-3,5-6,17H,4,7-15H2/t19-/m1/s1. The zero-order valence-electron chi connectivity index (χ0n) is 15.0. The smallest absolute Gasteiger partial charge is 0.410 e. The van der Waals surface area contributed by atoms with Gasteiger partial charge in [0.05, 0.1) is 5.41 Å². The summed E-state index contributed by atoms with van der Waals surface area (Å²) in [7, 11) is 0. The Hall–Kier alpha value is -1.69. The highest BCUT2D eigenvalue weighted by molar-refractivity contribution is 5.67. The highest BCUT2D eigenvalue weighted by Gasteiger charge is 2.71. The van der Waals surface area contributed by atoms with Gasteiger partial charge in [-0.3, -0.25) is 4.90 Å². The molecule has 1 aromatic carbocycles. The van der Waals surface area contributed by atoms with Gasteiger partial charge in [-0.25, -0.2) is 13.6 Å². The molecule has 1 aromatic rings. The third-order valence-corrected chi connectivity index (χ3v) is 6.26. The molecular weight excluding hydrogens is 338 g/mol. The Labute approximate surface area is 153 Å². The Kier molecular flexibility index (Phi) is 4.63. The number of carbonyl (C=O) groups excluding carboxylic acids is 1. The first-order valence-electron chi connectivity index (χ1n) is 9.57. The fraction of sp³-hybridized carbons (Fsp3) is 0.650. The van der Waals surface area contributed by atoms with Crippen molar-refractivity contribution in [2.24, 2.45) is 5.41 Å². The number of amides is 1. The van der Waals surface area contributed by atoms with Gasteiger partial charge in [-0.2, -0.15) is 0 Å². The van der Waals surface area contributed by atoms with Crippen LogP contribution < -0.4 is 0 Å². The van der Waals surface area contributed by atoms with Crippen LogP contribution in [0.25, 0.3) is 0 Å². The van der Waals surface area contributed by atoms with Crippen LogP contribution in [0.1, 0.15) is 37.7 Å². The molecule has 1 spiro atoms. The monoisotopic (exact) mass is 364 g/mol. The summed E-state index contributed by atoms with van der Waals surface area (Å²) in [6, 6.07) is 9.94. The van der Waals surface area contributed by atoms with E-state index in [4.69, 9.17) is 4.74 Å². The second-order valence-corrected chi connectivity index (χ2v) is 7.99. The van der Waals surface area contributed by atoms with Gasteiger partial charge in [-0.05, 0) is 37.8 Å². The SMILES string of the molecule is O=C(OCc1ccccc1)N1CCC(N2CCC[C@]3(C2)CC3(F)F)CC1. The largest absolute Gasteiger partial charge is 0.445 e. The first kappa shape index (κ1) is 17.7. The minimum absolute atomic E-state index is 0.0567. The number of hydrogen-bond donors (Lipinski definition) is 0. The molecule has 1 amide bonds. The van der Waals surface area contributed by atoms with E-state index in [1.807, 2.05) is 30.3 Å². The third-order valence-electron chi connectivity index (χ3n) is 6.26. The van der Waals surface area contributed by atoms with Crippen LogP contribution in [0, 0.1) is 5.41 Å². The molecule has 2 aliphatic heterocycles. The predicted molar refractivity (Wildman–Crippen MR) is 94.0 cm³/mol. The first-order valence-corrected chi connectivity index (χ1v) is 9.57. The summed E-state index contributed by atoms with van der Waals surface area (Å²) in [6.45, 7) is 2.98. The van der Waals surface area contributed by atoms with Crippen LogP contribution in [0.5, 0.6) is 0 Å². The van der Waals surface area contributed by atoms with Crippen molar-refractivity contribution in [1.82, 2.24) is 9.80 Å². The van der Waals surface area contributed by atoms with Gasteiger partial charge in [0.1, 0.15) is 6.61 Å². The second-order valence-electron chi connectivity index (χ2n) is 7.99. The summed E-state index contributed by atoms with van der Waals surface area (Å²) in [6.07, 6.45) is 2.96. The number of rotatable bonds is 3. The van der Waals surface area contributed by atoms with Gasteiger partial charge in [-0.1, -0.05) is 30.3 Å². The Morgan fingerprint density at radius 1 is 1.15 bits per heavy atom. The molecule has 0 bridgehead atoms. The fourth-order valence-electron chi connectivity index (χ4n) is 4.53. The van der Waals surface area contributed by atoms with Crippen LogP contribution in [0.4, 0.5) is 13.6 Å². The molecule has 0 N–H and O–H groups in total. The van der Waals surface area contributed by atoms with E-state index in [0.29, 0.717) is 32.1 Å². The molecule has 2 heterocycles. The fourth-order valence-corrected chi connectivity index (χ4v) is 4.53. The maximum atomic E-state index is 13.7. The Morgan fingerprint density at radius 2 is 1.85 bits per heavy atom. The number of halogens is 2. The lowest BCUT2D eigenvalue weighted by Gasteiger charge is -2.42. The van der Waals surface area contributed by atoms with Crippen molar-refractivity contribution in [3.63, 3.8) is 0 Å². The summed E-state index contributed by atoms with van der Waals surface area (Å²) >= 11 is 0. The molecular formula is C20H26F2N2O2. The quantitative estimate of drug-likeness (QED) is 0.815. The van der Waals surface area contributed by atoms with Crippen LogP contribution in [-0.2, 0) is 11.3 Å². The van der Waals surface area contributed by atoms with Crippen LogP contribution in [-0.4, -0.2) is 54.0 Å². The van der Waals surface area contributed by atoms with Crippen molar-refractivity contribution in [3.05, 3.63) is 35.9 Å². The molecule has 2 saturated heterocycles. The molecule has 0 unspecified atom stereocenters. The number of benzene rings is 1. The average molecular weight is 364 g/mol. The van der Waals surface area contributed by atoms with E-state index >= 15 is 0 Å². The average Bonchev–Trinajstić information content (AvgIpc) is 3.19. The molecule has 1 saturated carbocycles. The number of piperidine rings is 2. The van der Waals surface area contributed by atoms with Crippen LogP contribution in [0.15, 0.2) is 30.3 Å². The highest BCUT2D eigenvalue weighted by Crippen LogP contribution is 2.64. The van der Waals surface area contributed by atoms with Crippen LogP contribution in [0.3, 0.4) is 0 Å². The predicted octanol–water partition coefficient (Wildman–Crippen LogP) is 3.91. The number of ether oxygens (including phenoxy) is 1. The van der Waals surface area contributed by atoms with Crippen LogP contribution >= 0.6 is 0 Å². The van der Waals surface area contributed by atoms with Crippen molar-refractivity contribution in [3.8, 4) is 0 Å². The van der Waals surface area contributed by atoms with E-state index in [2.05, 4.69) is 4.90 Å². The van der Waals surface area contributed by atoms with Crippen molar-refractivity contribution in [2.45, 2.75) is 50.7 Å². The lowest BCUT2D eigenvalue weighted by atomic mass is 9.91. The number of carbonyl (C=O) groups is 1. The molecule has 0 radical (unpaired) electrons. The van der Waals surface area contributed by atoms with Crippen molar-refractivity contribution >= 4 is 6.09 Å². The van der Waals surface area contributed by atoms with Gasteiger partial charge >= 0.3 is 6.09 Å². The zero-order valence-corrected chi connectivity index (χ0v) is 15.0. The highest BCUT2D eigenvalue weighted by atomic mass is 19.3. The van der Waals surface area contributed by atoms with E-state index < -0.39 is 11.3 Å². The molecule has 6 heteroatoms. The first-order chi connectivity index (χ1) is 12.5. The molecule has 4 rings (SSSR count). The minimum atomic E-state index is -2.46. The summed E-state index contributed by atoms with van der Waals surface area (Å²) in [4.78, 5) is 16.2. The van der Waals surface area contributed by atoms with Crippen molar-refractivity contribution in [1.29, 1.82) is 0 Å². The van der Waals surface area contributed by atoms with Gasteiger partial charge in [-0.15, -0.1) is 0 Å². The van der Waals surface area contributed by atoms with Gasteiger partial charge in [0.25, 0.3) is 5.92 Å². The Bertz CT molecular complexity index is 646. The van der Waals surface area contributed by atoms with E-state index in [1.54, 1.807) is 4.90 Å². The third kappa shape index (κ3) is 3.43. The number of hydrogen-bond acceptors (Lipinski definition) is 3. The molecule has 26 heavy (non-hydrogen) atoms. The van der Waals surface area contributed by atoms with Gasteiger partial charge in [0, 0.05) is 32.1 Å². The summed E-state index contributed by atoms with van der Waals surface area (Å²) < 4.78 is 32.8. The van der Waals surface area contributed by atoms with E-state index in [-0.39, 0.29) is 19.1 Å². The van der Waals surface area contributed by atoms with E-state index in [1.165, 1.54) is 0 Å². The van der Waals surface area contributed by atoms with Gasteiger partial charge < -0.3 is 9.64 Å². The zero-order chi connectivity index (χ0) is 18.2. The molecule has 1 atom stereocenters. The lowest BCUT2D eigenvalue weighted by molar-refractivity contribution is 0.00114. The number of likely N-dealkylation sites (tertiary alicyclic amines) is 2. The second kappa shape index (κ2) is 6.80. The normalized spacial score (nSPS) is 28.9. The van der Waals surface area contributed by atoms with Crippen molar-refractivity contribution < 1.29 is 18.3 Å². The Balaban J connectivity index is 1.24. The minimum Gasteiger partial charge on any atom is -0.445 e. The number of nitrogens with zero attached hydrogens (tertiary/aromatic N) is 2. The molecule has 1 aliphatic carbocycles. The molecule has 142 valence electrons. The van der Waals surface area contributed by atoms with Crippen molar-refractivity contribution in [2.75, 3.05) is 26.2 Å². The molecule has 4 nitrogen and oxygen atoms in total. The molecule has 0 aromatic heterocycles. The van der Waals surface area contributed by atoms with Gasteiger partial charge in [0.15, 0.2) is 0 Å². The van der Waals surface area contributed by atoms with Gasteiger partial charge in [0.2, 0.25) is 0 Å². The number of alkyl halides is 2. The van der Waals surface area contributed by atoms with E-state index in [9.17, 15) is 13.6 Å². The summed E-state index contributed by atoms with van der Waals surface area (Å²) in [5.74, 6) is -2.46. The summed E-state index contributed by atoms with van der Waals surface area (Å²) in [5, 5.41) is 0. The van der Waals surface area contributed by atoms with Crippen LogP contribution in [0.2, 0.25) is 0 Å². The lowest BCUT2D eigenvalue weighted by Crippen LogP contribution is -2.50. The maximum Gasteiger partial charge on any atom is 0.410 e. The topological polar surface area (TPSA) is 32.8 Å². The van der Waals surface area contributed by atoms with E-state index in [0.717, 1.165) is 31.4 Å². The maximum absolute atomic E-state index is 13.7.